The summed E-state index contributed by atoms with van der Waals surface area (Å²) in [6.45, 7) is 5.42. The van der Waals surface area contributed by atoms with Crippen LogP contribution >= 0.6 is 11.3 Å². The number of fused-ring (bicyclic) bond motifs is 1. The smallest absolute Gasteiger partial charge is 0.113 e. The summed E-state index contributed by atoms with van der Waals surface area (Å²) in [5.74, 6) is 0.581. The number of rotatable bonds is 4. The summed E-state index contributed by atoms with van der Waals surface area (Å²) in [6.07, 6.45) is 8.94. The van der Waals surface area contributed by atoms with Crippen LogP contribution in [0.1, 0.15) is 61.5 Å². The SMILES string of the molecule is CC(C)C1CC(NC2CC2)(c2nc3c(s2)CCC3)CCO1. The van der Waals surface area contributed by atoms with Gasteiger partial charge in [0.2, 0.25) is 0 Å². The molecule has 2 fully saturated rings. The molecule has 4 heteroatoms. The standard InChI is InChI=1S/C17H26N2OS/c1-11(2)14-10-17(8-9-20-14,19-12-6-7-12)16-18-13-4-3-5-15(13)21-16/h11-12,14,19H,3-10H2,1-2H3. The molecule has 4 rings (SSSR count). The minimum atomic E-state index is 0.0867. The third-order valence-electron chi connectivity index (χ3n) is 5.22. The first-order chi connectivity index (χ1) is 10.2. The zero-order chi connectivity index (χ0) is 14.4. The Labute approximate surface area is 131 Å². The average molecular weight is 306 g/mol. The van der Waals surface area contributed by atoms with Crippen molar-refractivity contribution in [1.29, 1.82) is 0 Å². The fourth-order valence-electron chi connectivity index (χ4n) is 3.72. The third-order valence-corrected chi connectivity index (χ3v) is 6.58. The molecular formula is C17H26N2OS. The van der Waals surface area contributed by atoms with Crippen LogP contribution in [0.5, 0.6) is 0 Å². The molecule has 0 amide bonds. The summed E-state index contributed by atoms with van der Waals surface area (Å²) in [6, 6.07) is 0.717. The van der Waals surface area contributed by atoms with E-state index >= 15 is 0 Å². The molecule has 1 saturated carbocycles. The van der Waals surface area contributed by atoms with E-state index in [1.807, 2.05) is 11.3 Å². The van der Waals surface area contributed by atoms with Gasteiger partial charge in [-0.15, -0.1) is 11.3 Å². The van der Waals surface area contributed by atoms with Crippen LogP contribution in [0.25, 0.3) is 0 Å². The summed E-state index contributed by atoms with van der Waals surface area (Å²) in [5, 5.41) is 5.32. The second-order valence-corrected chi connectivity index (χ2v) is 8.43. The Morgan fingerprint density at radius 1 is 1.33 bits per heavy atom. The lowest BCUT2D eigenvalue weighted by atomic mass is 9.83. The van der Waals surface area contributed by atoms with Gasteiger partial charge in [-0.3, -0.25) is 0 Å². The van der Waals surface area contributed by atoms with Crippen molar-refractivity contribution in [3.8, 4) is 0 Å². The first-order valence-electron chi connectivity index (χ1n) is 8.55. The molecule has 1 N–H and O–H groups in total. The number of nitrogens with one attached hydrogen (secondary N) is 1. The summed E-state index contributed by atoms with van der Waals surface area (Å²) in [5.41, 5.74) is 1.48. The fourth-order valence-corrected chi connectivity index (χ4v) is 5.06. The van der Waals surface area contributed by atoms with E-state index in [-0.39, 0.29) is 5.54 Å². The van der Waals surface area contributed by atoms with Gasteiger partial charge in [0, 0.05) is 17.5 Å². The zero-order valence-electron chi connectivity index (χ0n) is 13.2. The van der Waals surface area contributed by atoms with Gasteiger partial charge in [-0.2, -0.15) is 0 Å². The van der Waals surface area contributed by atoms with Crippen molar-refractivity contribution >= 4 is 11.3 Å². The predicted molar refractivity (Wildman–Crippen MR) is 85.8 cm³/mol. The van der Waals surface area contributed by atoms with Crippen LogP contribution in [0.4, 0.5) is 0 Å². The molecular weight excluding hydrogens is 280 g/mol. The van der Waals surface area contributed by atoms with E-state index < -0.39 is 0 Å². The molecule has 2 atom stereocenters. The molecule has 116 valence electrons. The highest BCUT2D eigenvalue weighted by Gasteiger charge is 2.45. The Kier molecular flexibility index (Phi) is 3.59. The van der Waals surface area contributed by atoms with Crippen molar-refractivity contribution in [3.63, 3.8) is 0 Å². The number of aryl methyl sites for hydroxylation is 2. The molecule has 0 radical (unpaired) electrons. The molecule has 2 heterocycles. The number of nitrogens with zero attached hydrogens (tertiary/aromatic N) is 1. The molecule has 1 aliphatic heterocycles. The zero-order valence-corrected chi connectivity index (χ0v) is 14.0. The minimum absolute atomic E-state index is 0.0867. The Morgan fingerprint density at radius 2 is 2.19 bits per heavy atom. The van der Waals surface area contributed by atoms with E-state index in [1.165, 1.54) is 42.8 Å². The first-order valence-corrected chi connectivity index (χ1v) is 9.36. The van der Waals surface area contributed by atoms with E-state index in [0.717, 1.165) is 25.5 Å². The Balaban J connectivity index is 1.65. The molecule has 1 aromatic rings. The van der Waals surface area contributed by atoms with E-state index in [0.29, 0.717) is 12.0 Å². The monoisotopic (exact) mass is 306 g/mol. The molecule has 0 bridgehead atoms. The van der Waals surface area contributed by atoms with Crippen molar-refractivity contribution in [2.24, 2.45) is 5.92 Å². The van der Waals surface area contributed by atoms with Crippen molar-refractivity contribution in [2.45, 2.75) is 76.5 Å². The number of ether oxygens (including phenoxy) is 1. The maximum absolute atomic E-state index is 6.03. The Morgan fingerprint density at radius 3 is 2.90 bits per heavy atom. The van der Waals surface area contributed by atoms with E-state index in [1.54, 1.807) is 4.88 Å². The molecule has 2 unspecified atom stereocenters. The van der Waals surface area contributed by atoms with Gasteiger partial charge in [0.1, 0.15) is 5.01 Å². The highest BCUT2D eigenvalue weighted by molar-refractivity contribution is 7.12. The maximum Gasteiger partial charge on any atom is 0.113 e. The van der Waals surface area contributed by atoms with Crippen LogP contribution in [0.3, 0.4) is 0 Å². The van der Waals surface area contributed by atoms with Gasteiger partial charge in [0.05, 0.1) is 17.3 Å². The van der Waals surface area contributed by atoms with Gasteiger partial charge in [0.25, 0.3) is 0 Å². The van der Waals surface area contributed by atoms with Crippen molar-refractivity contribution in [3.05, 3.63) is 15.6 Å². The Hall–Kier alpha value is -0.450. The van der Waals surface area contributed by atoms with Gasteiger partial charge in [0.15, 0.2) is 0 Å². The molecule has 0 aromatic carbocycles. The van der Waals surface area contributed by atoms with Crippen LogP contribution < -0.4 is 5.32 Å². The van der Waals surface area contributed by atoms with E-state index in [9.17, 15) is 0 Å². The maximum atomic E-state index is 6.03. The summed E-state index contributed by atoms with van der Waals surface area (Å²) in [7, 11) is 0. The number of aromatic nitrogens is 1. The second-order valence-electron chi connectivity index (χ2n) is 7.35. The lowest BCUT2D eigenvalue weighted by Gasteiger charge is -2.42. The second kappa shape index (κ2) is 5.32. The van der Waals surface area contributed by atoms with Gasteiger partial charge in [-0.25, -0.2) is 4.98 Å². The molecule has 3 nitrogen and oxygen atoms in total. The quantitative estimate of drug-likeness (QED) is 0.925. The molecule has 1 saturated heterocycles. The van der Waals surface area contributed by atoms with Crippen LogP contribution in [0.15, 0.2) is 0 Å². The summed E-state index contributed by atoms with van der Waals surface area (Å²) in [4.78, 5) is 6.61. The summed E-state index contributed by atoms with van der Waals surface area (Å²) < 4.78 is 6.03. The van der Waals surface area contributed by atoms with Gasteiger partial charge < -0.3 is 10.1 Å². The Bertz CT molecular complexity index is 501. The lowest BCUT2D eigenvalue weighted by molar-refractivity contribution is -0.0540. The van der Waals surface area contributed by atoms with E-state index in [4.69, 9.17) is 9.72 Å². The average Bonchev–Trinajstić information content (AvgIpc) is 3.00. The molecule has 3 aliphatic rings. The van der Waals surface area contributed by atoms with Gasteiger partial charge >= 0.3 is 0 Å². The molecule has 2 aliphatic carbocycles. The largest absolute Gasteiger partial charge is 0.378 e. The first kappa shape index (κ1) is 14.2. The molecule has 1 aromatic heterocycles. The molecule has 0 spiro atoms. The fraction of sp³-hybridized carbons (Fsp3) is 0.824. The van der Waals surface area contributed by atoms with Crippen LogP contribution in [-0.2, 0) is 23.1 Å². The number of hydrogen-bond donors (Lipinski definition) is 1. The lowest BCUT2D eigenvalue weighted by Crippen LogP contribution is -2.51. The number of hydrogen-bond acceptors (Lipinski definition) is 4. The predicted octanol–water partition coefficient (Wildman–Crippen LogP) is 3.41. The van der Waals surface area contributed by atoms with Gasteiger partial charge in [-0.05, 0) is 50.9 Å². The highest BCUT2D eigenvalue weighted by Crippen LogP contribution is 2.43. The number of thiazole rings is 1. The van der Waals surface area contributed by atoms with Crippen molar-refractivity contribution < 1.29 is 4.74 Å². The molecule has 21 heavy (non-hydrogen) atoms. The van der Waals surface area contributed by atoms with Gasteiger partial charge in [-0.1, -0.05) is 13.8 Å². The van der Waals surface area contributed by atoms with Crippen molar-refractivity contribution in [2.75, 3.05) is 6.61 Å². The summed E-state index contributed by atoms with van der Waals surface area (Å²) >= 11 is 1.98. The van der Waals surface area contributed by atoms with Crippen LogP contribution in [0.2, 0.25) is 0 Å². The van der Waals surface area contributed by atoms with Crippen LogP contribution in [0, 0.1) is 5.92 Å². The van der Waals surface area contributed by atoms with Crippen LogP contribution in [-0.4, -0.2) is 23.7 Å². The van der Waals surface area contributed by atoms with E-state index in [2.05, 4.69) is 19.2 Å². The minimum Gasteiger partial charge on any atom is -0.378 e. The third kappa shape index (κ3) is 2.66. The highest BCUT2D eigenvalue weighted by atomic mass is 32.1. The topological polar surface area (TPSA) is 34.2 Å². The normalized spacial score (nSPS) is 32.6. The van der Waals surface area contributed by atoms with Crippen molar-refractivity contribution in [1.82, 2.24) is 10.3 Å².